The number of rotatable bonds is 5. The molecule has 1 fully saturated rings. The third-order valence-electron chi connectivity index (χ3n) is 4.17. The first kappa shape index (κ1) is 13.4. The molecule has 4 nitrogen and oxygen atoms in total. The van der Waals surface area contributed by atoms with E-state index in [1.165, 1.54) is 32.1 Å². The van der Waals surface area contributed by atoms with Crippen LogP contribution < -0.4 is 5.32 Å². The molecule has 1 saturated carbocycles. The molecule has 0 saturated heterocycles. The summed E-state index contributed by atoms with van der Waals surface area (Å²) in [6.45, 7) is 2.89. The number of nitrogens with zero attached hydrogens (tertiary/aromatic N) is 2. The average molecular weight is 273 g/mol. The highest BCUT2D eigenvalue weighted by molar-refractivity contribution is 5.05. The van der Waals surface area contributed by atoms with Crippen LogP contribution in [0.1, 0.15) is 62.6 Å². The molecule has 0 spiro atoms. The van der Waals surface area contributed by atoms with Gasteiger partial charge in [0.2, 0.25) is 0 Å². The fraction of sp³-hybridized carbons (Fsp3) is 0.562. The minimum atomic E-state index is 0.213. The molecule has 0 unspecified atom stereocenters. The van der Waals surface area contributed by atoms with E-state index in [4.69, 9.17) is 9.52 Å². The fourth-order valence-electron chi connectivity index (χ4n) is 2.92. The van der Waals surface area contributed by atoms with Crippen LogP contribution in [0.3, 0.4) is 0 Å². The molecule has 0 aliphatic heterocycles. The second-order valence-electron chi connectivity index (χ2n) is 5.70. The molecule has 0 aromatic carbocycles. The summed E-state index contributed by atoms with van der Waals surface area (Å²) in [6.07, 6.45) is 10.5. The van der Waals surface area contributed by atoms with E-state index in [1.807, 2.05) is 12.1 Å². The van der Waals surface area contributed by atoms with Gasteiger partial charge < -0.3 is 9.73 Å². The molecule has 2 aromatic rings. The molecule has 1 aliphatic carbocycles. The van der Waals surface area contributed by atoms with Gasteiger partial charge >= 0.3 is 0 Å². The van der Waals surface area contributed by atoms with E-state index in [9.17, 15) is 0 Å². The van der Waals surface area contributed by atoms with Crippen molar-refractivity contribution in [1.29, 1.82) is 0 Å². The normalized spacial score (nSPS) is 18.2. The molecule has 2 aromatic heterocycles. The molecule has 3 rings (SSSR count). The lowest BCUT2D eigenvalue weighted by Crippen LogP contribution is -2.19. The zero-order chi connectivity index (χ0) is 13.8. The topological polar surface area (TPSA) is 43.0 Å². The molecule has 2 heterocycles. The summed E-state index contributed by atoms with van der Waals surface area (Å²) in [6, 6.07) is 6.87. The van der Waals surface area contributed by atoms with Crippen molar-refractivity contribution < 1.29 is 4.42 Å². The largest absolute Gasteiger partial charge is 0.468 e. The Morgan fingerprint density at radius 3 is 2.95 bits per heavy atom. The van der Waals surface area contributed by atoms with Gasteiger partial charge in [-0.25, -0.2) is 0 Å². The third kappa shape index (κ3) is 3.12. The minimum absolute atomic E-state index is 0.213. The molecule has 20 heavy (non-hydrogen) atoms. The predicted octanol–water partition coefficient (Wildman–Crippen LogP) is 3.83. The van der Waals surface area contributed by atoms with Crippen LogP contribution in [-0.2, 0) is 6.54 Å². The monoisotopic (exact) mass is 273 g/mol. The first-order chi connectivity index (χ1) is 9.83. The average Bonchev–Trinajstić information content (AvgIpc) is 3.17. The zero-order valence-corrected chi connectivity index (χ0v) is 12.1. The number of furan rings is 1. The van der Waals surface area contributed by atoms with Crippen molar-refractivity contribution in [3.05, 3.63) is 42.1 Å². The van der Waals surface area contributed by atoms with Gasteiger partial charge in [-0.15, -0.1) is 0 Å². The van der Waals surface area contributed by atoms with Gasteiger partial charge in [0, 0.05) is 12.7 Å². The highest BCUT2D eigenvalue weighted by atomic mass is 16.3. The first-order valence-corrected chi connectivity index (χ1v) is 7.64. The van der Waals surface area contributed by atoms with Crippen LogP contribution in [0.15, 0.2) is 35.1 Å². The van der Waals surface area contributed by atoms with Crippen LogP contribution in [0.5, 0.6) is 0 Å². The van der Waals surface area contributed by atoms with Crippen molar-refractivity contribution in [3.8, 4) is 0 Å². The van der Waals surface area contributed by atoms with Crippen molar-refractivity contribution in [2.75, 3.05) is 0 Å². The van der Waals surface area contributed by atoms with Crippen molar-refractivity contribution in [2.45, 2.75) is 57.7 Å². The Labute approximate surface area is 120 Å². The maximum atomic E-state index is 5.40. The summed E-state index contributed by atoms with van der Waals surface area (Å²) in [5, 5.41) is 8.16. The van der Waals surface area contributed by atoms with Crippen molar-refractivity contribution >= 4 is 0 Å². The molecule has 0 bridgehead atoms. The van der Waals surface area contributed by atoms with Crippen LogP contribution >= 0.6 is 0 Å². The van der Waals surface area contributed by atoms with Crippen LogP contribution in [-0.4, -0.2) is 9.78 Å². The molecule has 1 atom stereocenters. The molecule has 0 amide bonds. The highest BCUT2D eigenvalue weighted by Gasteiger charge is 2.16. The summed E-state index contributed by atoms with van der Waals surface area (Å²) >= 11 is 0. The Kier molecular flexibility index (Phi) is 4.21. The van der Waals surface area contributed by atoms with Gasteiger partial charge in [-0.2, -0.15) is 5.10 Å². The number of hydrogen-bond donors (Lipinski definition) is 1. The predicted molar refractivity (Wildman–Crippen MR) is 78.3 cm³/mol. The molecular formula is C16H23N3O. The van der Waals surface area contributed by atoms with Gasteiger partial charge in [0.1, 0.15) is 5.76 Å². The van der Waals surface area contributed by atoms with Gasteiger partial charge in [-0.05, 0) is 38.0 Å². The minimum Gasteiger partial charge on any atom is -0.468 e. The standard InChI is InChI=1S/C16H23N3O/c1-13(16-8-5-11-20-16)17-12-14-9-10-19(18-14)15-6-3-2-4-7-15/h5,8-11,13,15,17H,2-4,6-7,12H2,1H3/t13-/m0/s1. The Balaban J connectivity index is 1.54. The quantitative estimate of drug-likeness (QED) is 0.900. The van der Waals surface area contributed by atoms with E-state index < -0.39 is 0 Å². The Morgan fingerprint density at radius 1 is 1.35 bits per heavy atom. The van der Waals surface area contributed by atoms with E-state index in [1.54, 1.807) is 6.26 Å². The van der Waals surface area contributed by atoms with E-state index in [2.05, 4.69) is 29.2 Å². The Bertz CT molecular complexity index is 512. The lowest BCUT2D eigenvalue weighted by Gasteiger charge is -2.21. The highest BCUT2D eigenvalue weighted by Crippen LogP contribution is 2.27. The van der Waals surface area contributed by atoms with Gasteiger partial charge in [-0.3, -0.25) is 4.68 Å². The summed E-state index contributed by atoms with van der Waals surface area (Å²) in [5.41, 5.74) is 1.11. The van der Waals surface area contributed by atoms with E-state index in [0.29, 0.717) is 6.04 Å². The van der Waals surface area contributed by atoms with E-state index in [0.717, 1.165) is 18.0 Å². The van der Waals surface area contributed by atoms with Crippen molar-refractivity contribution in [2.24, 2.45) is 0 Å². The lowest BCUT2D eigenvalue weighted by atomic mass is 9.96. The molecule has 0 radical (unpaired) electrons. The summed E-state index contributed by atoms with van der Waals surface area (Å²) in [4.78, 5) is 0. The van der Waals surface area contributed by atoms with Crippen molar-refractivity contribution in [1.82, 2.24) is 15.1 Å². The third-order valence-corrected chi connectivity index (χ3v) is 4.17. The molecular weight excluding hydrogens is 250 g/mol. The molecule has 108 valence electrons. The second kappa shape index (κ2) is 6.27. The van der Waals surface area contributed by atoms with Gasteiger partial charge in [-0.1, -0.05) is 19.3 Å². The van der Waals surface area contributed by atoms with E-state index in [-0.39, 0.29) is 6.04 Å². The number of aromatic nitrogens is 2. The van der Waals surface area contributed by atoms with Gasteiger partial charge in [0.05, 0.1) is 24.0 Å². The second-order valence-corrected chi connectivity index (χ2v) is 5.70. The Morgan fingerprint density at radius 2 is 2.20 bits per heavy atom. The van der Waals surface area contributed by atoms with Crippen LogP contribution in [0.25, 0.3) is 0 Å². The smallest absolute Gasteiger partial charge is 0.120 e. The van der Waals surface area contributed by atoms with Gasteiger partial charge in [0.15, 0.2) is 0 Å². The first-order valence-electron chi connectivity index (χ1n) is 7.64. The van der Waals surface area contributed by atoms with Crippen LogP contribution in [0.4, 0.5) is 0 Å². The lowest BCUT2D eigenvalue weighted by molar-refractivity contribution is 0.327. The fourth-order valence-corrected chi connectivity index (χ4v) is 2.92. The SMILES string of the molecule is C[C@H](NCc1ccn(C2CCCCC2)n1)c1ccco1. The summed E-state index contributed by atoms with van der Waals surface area (Å²) in [7, 11) is 0. The molecule has 4 heteroatoms. The molecule has 1 N–H and O–H groups in total. The zero-order valence-electron chi connectivity index (χ0n) is 12.1. The summed E-state index contributed by atoms with van der Waals surface area (Å²) in [5.74, 6) is 0.969. The Hall–Kier alpha value is -1.55. The number of hydrogen-bond acceptors (Lipinski definition) is 3. The van der Waals surface area contributed by atoms with Gasteiger partial charge in [0.25, 0.3) is 0 Å². The molecule has 1 aliphatic rings. The summed E-state index contributed by atoms with van der Waals surface area (Å²) < 4.78 is 7.56. The van der Waals surface area contributed by atoms with Crippen molar-refractivity contribution in [3.63, 3.8) is 0 Å². The maximum absolute atomic E-state index is 5.40. The van der Waals surface area contributed by atoms with E-state index >= 15 is 0 Å². The number of nitrogens with one attached hydrogen (secondary N) is 1. The maximum Gasteiger partial charge on any atom is 0.120 e. The van der Waals surface area contributed by atoms with Crippen LogP contribution in [0, 0.1) is 0 Å². The van der Waals surface area contributed by atoms with Crippen LogP contribution in [0.2, 0.25) is 0 Å².